The molecule has 6 aromatic rings. The Labute approximate surface area is 256 Å². The molecule has 0 spiro atoms. The van der Waals surface area contributed by atoms with Crippen LogP contribution < -0.4 is 4.90 Å². The first-order chi connectivity index (χ1) is 20.0. The third-order valence-electron chi connectivity index (χ3n) is 8.35. The molecule has 0 bridgehead atoms. The molecule has 41 heavy (non-hydrogen) atoms. The maximum absolute atomic E-state index is 2.43. The molecule has 0 fully saturated rings. The van der Waals surface area contributed by atoms with Gasteiger partial charge in [0.05, 0.1) is 0 Å². The van der Waals surface area contributed by atoms with Gasteiger partial charge in [0.1, 0.15) is 0 Å². The van der Waals surface area contributed by atoms with E-state index < -0.39 is 0 Å². The minimum atomic E-state index is -0.0676. The number of nitrogens with zero attached hydrogens (tertiary/aromatic N) is 1. The van der Waals surface area contributed by atoms with Crippen molar-refractivity contribution < 1.29 is 0 Å². The van der Waals surface area contributed by atoms with E-state index in [4.69, 9.17) is 0 Å². The summed E-state index contributed by atoms with van der Waals surface area (Å²) < 4.78 is 1.28. The Hall–Kier alpha value is -4.15. The minimum absolute atomic E-state index is 0.0676. The smallest absolute Gasteiger partial charge is 0.0465 e. The lowest BCUT2D eigenvalue weighted by molar-refractivity contribution is 0.660. The van der Waals surface area contributed by atoms with Crippen LogP contribution in [-0.4, -0.2) is 0 Å². The summed E-state index contributed by atoms with van der Waals surface area (Å²) in [7, 11) is 0. The second-order valence-corrected chi connectivity index (χ2v) is 12.5. The van der Waals surface area contributed by atoms with Gasteiger partial charge in [-0.1, -0.05) is 111 Å². The van der Waals surface area contributed by atoms with Gasteiger partial charge in [-0.3, -0.25) is 0 Å². The minimum Gasteiger partial charge on any atom is -0.310 e. The molecule has 0 aliphatic heterocycles. The lowest BCUT2D eigenvalue weighted by Crippen LogP contribution is -2.16. The molecule has 0 unspecified atom stereocenters. The van der Waals surface area contributed by atoms with E-state index in [0.29, 0.717) is 0 Å². The van der Waals surface area contributed by atoms with Gasteiger partial charge in [-0.25, -0.2) is 0 Å². The molecule has 0 radical (unpaired) electrons. The first-order valence-corrected chi connectivity index (χ1v) is 15.1. The van der Waals surface area contributed by atoms with Crippen LogP contribution in [0, 0.1) is 3.57 Å². The monoisotopic (exact) mass is 639 g/mol. The van der Waals surface area contributed by atoms with Gasteiger partial charge in [-0.05, 0) is 116 Å². The van der Waals surface area contributed by atoms with Gasteiger partial charge in [-0.2, -0.15) is 0 Å². The molecule has 7 rings (SSSR count). The summed E-state index contributed by atoms with van der Waals surface area (Å²) in [6, 6.07) is 52.8. The fourth-order valence-corrected chi connectivity index (χ4v) is 6.64. The summed E-state index contributed by atoms with van der Waals surface area (Å²) in [5, 5.41) is 0. The van der Waals surface area contributed by atoms with Crippen molar-refractivity contribution in [3.05, 3.63) is 160 Å². The van der Waals surface area contributed by atoms with E-state index in [1.807, 2.05) is 0 Å². The van der Waals surface area contributed by atoms with Gasteiger partial charge >= 0.3 is 0 Å². The number of fused-ring (bicyclic) bond motifs is 3. The maximum atomic E-state index is 2.43. The molecule has 1 aliphatic rings. The quantitative estimate of drug-likeness (QED) is 0.170. The van der Waals surface area contributed by atoms with E-state index in [1.54, 1.807) is 0 Å². The van der Waals surface area contributed by atoms with Crippen LogP contribution in [0.4, 0.5) is 17.1 Å². The Morgan fingerprint density at radius 3 is 1.37 bits per heavy atom. The molecule has 0 saturated heterocycles. The van der Waals surface area contributed by atoms with Crippen LogP contribution in [0.25, 0.3) is 33.4 Å². The Bertz CT molecular complexity index is 1750. The van der Waals surface area contributed by atoms with Crippen LogP contribution in [0.5, 0.6) is 0 Å². The van der Waals surface area contributed by atoms with Crippen LogP contribution in [-0.2, 0) is 5.41 Å². The van der Waals surface area contributed by atoms with Crippen molar-refractivity contribution in [2.45, 2.75) is 19.3 Å². The molecule has 6 aromatic carbocycles. The zero-order chi connectivity index (χ0) is 28.0. The van der Waals surface area contributed by atoms with Crippen molar-refractivity contribution in [3.63, 3.8) is 0 Å². The molecule has 0 heterocycles. The second-order valence-electron chi connectivity index (χ2n) is 11.2. The highest BCUT2D eigenvalue weighted by atomic mass is 127. The molecule has 198 valence electrons. The average Bonchev–Trinajstić information content (AvgIpc) is 3.24. The zero-order valence-electron chi connectivity index (χ0n) is 23.2. The SMILES string of the molecule is CC1(C)c2cc(I)ccc2-c2ccc(N(c3ccc(-c4ccccc4)cc3)c3ccc(-c4ccccc4)cc3)cc21. The molecule has 0 atom stereocenters. The van der Waals surface area contributed by atoms with Gasteiger partial charge in [-0.15, -0.1) is 0 Å². The van der Waals surface area contributed by atoms with Crippen LogP contribution in [0.1, 0.15) is 25.0 Å². The summed E-state index contributed by atoms with van der Waals surface area (Å²) in [6.45, 7) is 4.70. The summed E-state index contributed by atoms with van der Waals surface area (Å²) in [4.78, 5) is 2.38. The van der Waals surface area contributed by atoms with Crippen molar-refractivity contribution in [3.8, 4) is 33.4 Å². The number of halogens is 1. The number of rotatable bonds is 5. The lowest BCUT2D eigenvalue weighted by atomic mass is 9.82. The van der Waals surface area contributed by atoms with Crippen molar-refractivity contribution in [2.24, 2.45) is 0 Å². The molecular formula is C39H30IN. The van der Waals surface area contributed by atoms with Crippen LogP contribution in [0.2, 0.25) is 0 Å². The first kappa shape index (κ1) is 25.8. The molecule has 2 heteroatoms. The summed E-state index contributed by atoms with van der Waals surface area (Å²) in [5.74, 6) is 0. The van der Waals surface area contributed by atoms with Crippen LogP contribution in [0.3, 0.4) is 0 Å². The molecule has 0 aromatic heterocycles. The van der Waals surface area contributed by atoms with Crippen molar-refractivity contribution in [1.82, 2.24) is 0 Å². The van der Waals surface area contributed by atoms with E-state index in [-0.39, 0.29) is 5.41 Å². The van der Waals surface area contributed by atoms with Gasteiger partial charge < -0.3 is 4.90 Å². The summed E-state index contributed by atoms with van der Waals surface area (Å²) in [5.41, 5.74) is 13.7. The highest BCUT2D eigenvalue weighted by Crippen LogP contribution is 2.51. The Balaban J connectivity index is 1.34. The Morgan fingerprint density at radius 1 is 0.439 bits per heavy atom. The highest BCUT2D eigenvalue weighted by Gasteiger charge is 2.36. The standard InChI is InChI=1S/C39H30IN/c1-39(2)37-25-31(40)17-23-35(37)36-24-22-34(26-38(36)39)41(32-18-13-29(14-19-32)27-9-5-3-6-10-27)33-20-15-30(16-21-33)28-11-7-4-8-12-28/h3-26H,1-2H3. The van der Waals surface area contributed by atoms with Gasteiger partial charge in [0.15, 0.2) is 0 Å². The summed E-state index contributed by atoms with van der Waals surface area (Å²) in [6.07, 6.45) is 0. The van der Waals surface area contributed by atoms with Crippen molar-refractivity contribution in [1.29, 1.82) is 0 Å². The summed E-state index contributed by atoms with van der Waals surface area (Å²) >= 11 is 2.43. The molecule has 1 nitrogen and oxygen atoms in total. The highest BCUT2D eigenvalue weighted by molar-refractivity contribution is 14.1. The van der Waals surface area contributed by atoms with Crippen molar-refractivity contribution >= 4 is 39.7 Å². The molecule has 0 saturated carbocycles. The largest absolute Gasteiger partial charge is 0.310 e. The maximum Gasteiger partial charge on any atom is 0.0465 e. The molecule has 1 aliphatic carbocycles. The topological polar surface area (TPSA) is 3.24 Å². The lowest BCUT2D eigenvalue weighted by Gasteiger charge is -2.28. The van der Waals surface area contributed by atoms with Gasteiger partial charge in [0, 0.05) is 26.0 Å². The fourth-order valence-electron chi connectivity index (χ4n) is 6.15. The second kappa shape index (κ2) is 10.4. The van der Waals surface area contributed by atoms with E-state index in [1.165, 1.54) is 53.8 Å². The van der Waals surface area contributed by atoms with E-state index >= 15 is 0 Å². The van der Waals surface area contributed by atoms with E-state index in [9.17, 15) is 0 Å². The normalized spacial score (nSPS) is 13.0. The van der Waals surface area contributed by atoms with Gasteiger partial charge in [0.2, 0.25) is 0 Å². The fraction of sp³-hybridized carbons (Fsp3) is 0.0769. The Morgan fingerprint density at radius 2 is 0.854 bits per heavy atom. The first-order valence-electron chi connectivity index (χ1n) is 14.0. The molecule has 0 N–H and O–H groups in total. The molecule has 0 amide bonds. The number of benzene rings is 6. The predicted molar refractivity (Wildman–Crippen MR) is 182 cm³/mol. The van der Waals surface area contributed by atoms with E-state index in [0.717, 1.165) is 11.4 Å². The van der Waals surface area contributed by atoms with Gasteiger partial charge in [0.25, 0.3) is 0 Å². The number of anilines is 3. The van der Waals surface area contributed by atoms with Crippen molar-refractivity contribution in [2.75, 3.05) is 4.90 Å². The zero-order valence-corrected chi connectivity index (χ0v) is 25.3. The predicted octanol–water partition coefficient (Wildman–Crippen LogP) is 11.4. The Kier molecular flexibility index (Phi) is 6.51. The number of hydrogen-bond acceptors (Lipinski definition) is 1. The molecular weight excluding hydrogens is 609 g/mol. The third kappa shape index (κ3) is 4.66. The van der Waals surface area contributed by atoms with E-state index in [2.05, 4.69) is 187 Å². The van der Waals surface area contributed by atoms with Crippen LogP contribution in [0.15, 0.2) is 146 Å². The average molecular weight is 640 g/mol. The van der Waals surface area contributed by atoms with Crippen LogP contribution >= 0.6 is 22.6 Å². The number of hydrogen-bond donors (Lipinski definition) is 0. The third-order valence-corrected chi connectivity index (χ3v) is 9.02.